The van der Waals surface area contributed by atoms with Crippen LogP contribution in [0.4, 0.5) is 5.13 Å². The summed E-state index contributed by atoms with van der Waals surface area (Å²) < 4.78 is 5.57. The minimum atomic E-state index is 0.680. The van der Waals surface area contributed by atoms with Gasteiger partial charge in [0.25, 0.3) is 0 Å². The molecule has 0 amide bonds. The van der Waals surface area contributed by atoms with Crippen molar-refractivity contribution in [2.75, 3.05) is 18.5 Å². The van der Waals surface area contributed by atoms with Crippen molar-refractivity contribution in [3.8, 4) is 0 Å². The molecule has 5 heteroatoms. The Balaban J connectivity index is 1.52. The Labute approximate surface area is 105 Å². The van der Waals surface area contributed by atoms with Crippen molar-refractivity contribution in [2.24, 2.45) is 0 Å². The second-order valence-corrected chi connectivity index (χ2v) is 4.40. The minimum absolute atomic E-state index is 0.680. The molecule has 2 rings (SSSR count). The van der Waals surface area contributed by atoms with Gasteiger partial charge in [-0.05, 0) is 12.0 Å². The Morgan fingerprint density at radius 1 is 1.24 bits per heavy atom. The predicted octanol–water partition coefficient (Wildman–Crippen LogP) is 2.56. The highest BCUT2D eigenvalue weighted by molar-refractivity contribution is 7.13. The summed E-state index contributed by atoms with van der Waals surface area (Å²) in [5, 5.41) is 11.7. The van der Waals surface area contributed by atoms with E-state index in [2.05, 4.69) is 27.6 Å². The number of hydrogen-bond donors (Lipinski definition) is 1. The first-order valence-corrected chi connectivity index (χ1v) is 6.45. The molecule has 90 valence electrons. The molecule has 1 heterocycles. The fourth-order valence-corrected chi connectivity index (χ4v) is 1.86. The molecule has 0 atom stereocenters. The molecule has 0 radical (unpaired) electrons. The summed E-state index contributed by atoms with van der Waals surface area (Å²) in [4.78, 5) is 0. The van der Waals surface area contributed by atoms with Gasteiger partial charge in [0, 0.05) is 13.2 Å². The molecule has 0 spiro atoms. The molecular weight excluding hydrogens is 234 g/mol. The Bertz CT molecular complexity index is 405. The predicted molar refractivity (Wildman–Crippen MR) is 69.1 cm³/mol. The van der Waals surface area contributed by atoms with E-state index in [0.717, 1.165) is 24.7 Å². The van der Waals surface area contributed by atoms with Crippen LogP contribution in [0.25, 0.3) is 0 Å². The van der Waals surface area contributed by atoms with Crippen molar-refractivity contribution < 1.29 is 4.74 Å². The second-order valence-electron chi connectivity index (χ2n) is 3.56. The maximum absolute atomic E-state index is 5.57. The van der Waals surface area contributed by atoms with E-state index in [0.29, 0.717) is 6.61 Å². The topological polar surface area (TPSA) is 47.0 Å². The van der Waals surface area contributed by atoms with Gasteiger partial charge >= 0.3 is 0 Å². The van der Waals surface area contributed by atoms with Crippen LogP contribution in [0.15, 0.2) is 35.8 Å². The van der Waals surface area contributed by atoms with Crippen molar-refractivity contribution in [1.82, 2.24) is 10.2 Å². The first-order valence-electron chi connectivity index (χ1n) is 5.57. The average Bonchev–Trinajstić information content (AvgIpc) is 2.88. The first kappa shape index (κ1) is 12.0. The SMILES string of the molecule is c1ccc(COCCCNc2nncs2)cc1. The van der Waals surface area contributed by atoms with Crippen LogP contribution < -0.4 is 5.32 Å². The van der Waals surface area contributed by atoms with Gasteiger partial charge in [0.1, 0.15) is 5.51 Å². The number of anilines is 1. The van der Waals surface area contributed by atoms with Crippen LogP contribution in [0, 0.1) is 0 Å². The van der Waals surface area contributed by atoms with Crippen molar-refractivity contribution in [2.45, 2.75) is 13.0 Å². The van der Waals surface area contributed by atoms with Crippen LogP contribution in [0.3, 0.4) is 0 Å². The number of ether oxygens (including phenoxy) is 1. The van der Waals surface area contributed by atoms with Gasteiger partial charge in [-0.2, -0.15) is 0 Å². The molecule has 0 aliphatic heterocycles. The maximum atomic E-state index is 5.57. The quantitative estimate of drug-likeness (QED) is 0.766. The summed E-state index contributed by atoms with van der Waals surface area (Å²) in [6, 6.07) is 10.2. The van der Waals surface area contributed by atoms with Gasteiger partial charge in [0.05, 0.1) is 6.61 Å². The van der Waals surface area contributed by atoms with Crippen LogP contribution in [-0.4, -0.2) is 23.3 Å². The van der Waals surface area contributed by atoms with Crippen LogP contribution in [0.1, 0.15) is 12.0 Å². The summed E-state index contributed by atoms with van der Waals surface area (Å²) in [5.74, 6) is 0. The van der Waals surface area contributed by atoms with E-state index in [9.17, 15) is 0 Å². The number of benzene rings is 1. The minimum Gasteiger partial charge on any atom is -0.377 e. The Morgan fingerprint density at radius 3 is 2.88 bits per heavy atom. The zero-order valence-electron chi connectivity index (χ0n) is 9.50. The lowest BCUT2D eigenvalue weighted by Gasteiger charge is -2.04. The highest BCUT2D eigenvalue weighted by Crippen LogP contribution is 2.07. The van der Waals surface area contributed by atoms with Crippen molar-refractivity contribution in [1.29, 1.82) is 0 Å². The third kappa shape index (κ3) is 4.50. The molecule has 1 aromatic carbocycles. The highest BCUT2D eigenvalue weighted by Gasteiger charge is 1.95. The van der Waals surface area contributed by atoms with E-state index in [1.54, 1.807) is 5.51 Å². The van der Waals surface area contributed by atoms with Gasteiger partial charge in [-0.15, -0.1) is 10.2 Å². The fraction of sp³-hybridized carbons (Fsp3) is 0.333. The molecule has 1 N–H and O–H groups in total. The molecule has 4 nitrogen and oxygen atoms in total. The molecule has 1 aromatic heterocycles. The van der Waals surface area contributed by atoms with Gasteiger partial charge < -0.3 is 10.1 Å². The normalized spacial score (nSPS) is 10.4. The monoisotopic (exact) mass is 249 g/mol. The van der Waals surface area contributed by atoms with E-state index in [1.807, 2.05) is 18.2 Å². The van der Waals surface area contributed by atoms with Gasteiger partial charge in [-0.25, -0.2) is 0 Å². The van der Waals surface area contributed by atoms with E-state index in [1.165, 1.54) is 16.9 Å². The Kier molecular flexibility index (Phi) is 4.93. The molecule has 0 saturated carbocycles. The van der Waals surface area contributed by atoms with E-state index >= 15 is 0 Å². The van der Waals surface area contributed by atoms with Gasteiger partial charge in [0.15, 0.2) is 0 Å². The van der Waals surface area contributed by atoms with Crippen molar-refractivity contribution in [3.63, 3.8) is 0 Å². The number of hydrogen-bond acceptors (Lipinski definition) is 5. The van der Waals surface area contributed by atoms with Crippen LogP contribution in [0.2, 0.25) is 0 Å². The third-order valence-electron chi connectivity index (χ3n) is 2.21. The zero-order valence-corrected chi connectivity index (χ0v) is 10.3. The summed E-state index contributed by atoms with van der Waals surface area (Å²) in [6.07, 6.45) is 0.965. The summed E-state index contributed by atoms with van der Waals surface area (Å²) in [7, 11) is 0. The largest absolute Gasteiger partial charge is 0.377 e. The molecule has 0 fully saturated rings. The standard InChI is InChI=1S/C12H15N3OS/c1-2-5-11(6-3-1)9-16-8-4-7-13-12-15-14-10-17-12/h1-3,5-6,10H,4,7-9H2,(H,13,15). The average molecular weight is 249 g/mol. The van der Waals surface area contributed by atoms with E-state index in [-0.39, 0.29) is 0 Å². The molecular formula is C12H15N3OS. The van der Waals surface area contributed by atoms with Crippen LogP contribution >= 0.6 is 11.3 Å². The number of rotatable bonds is 7. The van der Waals surface area contributed by atoms with Crippen LogP contribution in [0.5, 0.6) is 0 Å². The second kappa shape index (κ2) is 6.98. The maximum Gasteiger partial charge on any atom is 0.205 e. The number of nitrogens with one attached hydrogen (secondary N) is 1. The Morgan fingerprint density at radius 2 is 2.12 bits per heavy atom. The van der Waals surface area contributed by atoms with Crippen molar-refractivity contribution >= 4 is 16.5 Å². The number of aromatic nitrogens is 2. The summed E-state index contributed by atoms with van der Waals surface area (Å²) in [5.41, 5.74) is 2.93. The smallest absolute Gasteiger partial charge is 0.205 e. The third-order valence-corrected chi connectivity index (χ3v) is 2.86. The lowest BCUT2D eigenvalue weighted by Crippen LogP contribution is -2.05. The molecule has 2 aromatic rings. The Hall–Kier alpha value is -1.46. The summed E-state index contributed by atoms with van der Waals surface area (Å²) in [6.45, 7) is 2.30. The number of nitrogens with zero attached hydrogens (tertiary/aromatic N) is 2. The molecule has 0 aliphatic rings. The lowest BCUT2D eigenvalue weighted by atomic mass is 10.2. The van der Waals surface area contributed by atoms with Gasteiger partial charge in [-0.1, -0.05) is 41.7 Å². The highest BCUT2D eigenvalue weighted by atomic mass is 32.1. The molecule has 0 saturated heterocycles. The van der Waals surface area contributed by atoms with E-state index < -0.39 is 0 Å². The van der Waals surface area contributed by atoms with Gasteiger partial charge in [-0.3, -0.25) is 0 Å². The molecule has 0 aliphatic carbocycles. The first-order chi connectivity index (χ1) is 8.45. The lowest BCUT2D eigenvalue weighted by molar-refractivity contribution is 0.120. The molecule has 17 heavy (non-hydrogen) atoms. The molecule has 0 bridgehead atoms. The fourth-order valence-electron chi connectivity index (χ4n) is 1.38. The zero-order chi connectivity index (χ0) is 11.8. The summed E-state index contributed by atoms with van der Waals surface area (Å²) >= 11 is 1.51. The van der Waals surface area contributed by atoms with E-state index in [4.69, 9.17) is 4.74 Å². The van der Waals surface area contributed by atoms with Gasteiger partial charge in [0.2, 0.25) is 5.13 Å². The molecule has 0 unspecified atom stereocenters. The van der Waals surface area contributed by atoms with Crippen molar-refractivity contribution in [3.05, 3.63) is 41.4 Å². The van der Waals surface area contributed by atoms with Crippen LogP contribution in [-0.2, 0) is 11.3 Å².